The molecule has 1 aromatic rings. The number of nitrogens with zero attached hydrogens (tertiary/aromatic N) is 1. The molecule has 0 radical (unpaired) electrons. The number of halogens is 1. The van der Waals surface area contributed by atoms with Gasteiger partial charge in [-0.2, -0.15) is 0 Å². The molecular formula is C13H14FN2S2+. The molecule has 2 aliphatic rings. The standard InChI is InChI=1S/C13H14FN2S2/c1-2-10-5-8-7-15-11-6-9(14)3-4-12(11)16(17)13(8)18-10/h5-6,15H,2-4,7H2,1H3/q+1. The number of nitrogens with one attached hydrogen (secondary N) is 1. The quantitative estimate of drug-likeness (QED) is 0.790. The second kappa shape index (κ2) is 4.55. The third kappa shape index (κ3) is 1.91. The van der Waals surface area contributed by atoms with E-state index in [4.69, 9.17) is 12.4 Å². The van der Waals surface area contributed by atoms with E-state index in [1.54, 1.807) is 17.4 Å². The van der Waals surface area contributed by atoms with Crippen LogP contribution in [0.15, 0.2) is 29.4 Å². The van der Waals surface area contributed by atoms with Crippen molar-refractivity contribution in [1.82, 2.24) is 5.32 Å². The Bertz CT molecular complexity index is 584. The maximum Gasteiger partial charge on any atom is 0.286 e. The number of hydrogen-bond donors (Lipinski definition) is 1. The summed E-state index contributed by atoms with van der Waals surface area (Å²) in [4.78, 5) is 1.35. The Hall–Kier alpha value is -1.07. The molecule has 1 aliphatic heterocycles. The van der Waals surface area contributed by atoms with Crippen LogP contribution in [-0.4, -0.2) is 3.95 Å². The summed E-state index contributed by atoms with van der Waals surface area (Å²) >= 11 is 7.27. The Labute approximate surface area is 115 Å². The van der Waals surface area contributed by atoms with Crippen LogP contribution in [0.1, 0.15) is 30.2 Å². The van der Waals surface area contributed by atoms with Crippen LogP contribution >= 0.6 is 11.3 Å². The lowest BCUT2D eigenvalue weighted by molar-refractivity contribution is -0.349. The van der Waals surface area contributed by atoms with Gasteiger partial charge in [0.2, 0.25) is 5.70 Å². The van der Waals surface area contributed by atoms with Gasteiger partial charge in [0.1, 0.15) is 11.5 Å². The molecule has 0 fully saturated rings. The van der Waals surface area contributed by atoms with Crippen LogP contribution in [0.2, 0.25) is 0 Å². The summed E-state index contributed by atoms with van der Waals surface area (Å²) in [6.45, 7) is 2.87. The van der Waals surface area contributed by atoms with Gasteiger partial charge in [0, 0.05) is 24.3 Å². The second-order valence-electron chi connectivity index (χ2n) is 4.50. The molecule has 94 valence electrons. The molecule has 0 bridgehead atoms. The van der Waals surface area contributed by atoms with Crippen molar-refractivity contribution in [3.05, 3.63) is 39.8 Å². The molecule has 1 N–H and O–H groups in total. The topological polar surface area (TPSA) is 15.0 Å². The van der Waals surface area contributed by atoms with E-state index in [2.05, 4.69) is 18.3 Å². The highest BCUT2D eigenvalue weighted by atomic mass is 32.1. The number of fused-ring (bicyclic) bond motifs is 1. The first kappa shape index (κ1) is 12.0. The highest BCUT2D eigenvalue weighted by molar-refractivity contribution is 7.44. The Morgan fingerprint density at radius 1 is 1.50 bits per heavy atom. The number of aryl methyl sites for hydroxylation is 1. The Balaban J connectivity index is 2.06. The minimum Gasteiger partial charge on any atom is -0.375 e. The molecule has 2 heterocycles. The van der Waals surface area contributed by atoms with Crippen LogP contribution in [-0.2, 0) is 25.4 Å². The molecule has 2 nitrogen and oxygen atoms in total. The van der Waals surface area contributed by atoms with Crippen LogP contribution in [0, 0.1) is 0 Å². The van der Waals surface area contributed by atoms with E-state index in [1.165, 1.54) is 10.4 Å². The number of allylic oxidation sites excluding steroid dienone is 3. The minimum atomic E-state index is -0.0656. The zero-order chi connectivity index (χ0) is 12.7. The van der Waals surface area contributed by atoms with Crippen LogP contribution in [0.5, 0.6) is 0 Å². The normalized spacial score (nSPS) is 18.8. The van der Waals surface area contributed by atoms with Gasteiger partial charge in [0.05, 0.1) is 5.56 Å². The molecule has 0 aromatic carbocycles. The summed E-state index contributed by atoms with van der Waals surface area (Å²) in [6.07, 6.45) is 3.73. The van der Waals surface area contributed by atoms with Gasteiger partial charge in [-0.1, -0.05) is 22.2 Å². The first-order chi connectivity index (χ1) is 8.69. The lowest BCUT2D eigenvalue weighted by Crippen LogP contribution is -2.15. The average molecular weight is 281 g/mol. The first-order valence-corrected chi connectivity index (χ1v) is 7.29. The summed E-state index contributed by atoms with van der Waals surface area (Å²) in [6, 6.07) is 2.20. The highest BCUT2D eigenvalue weighted by Crippen LogP contribution is 2.38. The van der Waals surface area contributed by atoms with Crippen LogP contribution in [0.25, 0.3) is 0 Å². The van der Waals surface area contributed by atoms with Crippen molar-refractivity contribution in [3.8, 4) is 0 Å². The van der Waals surface area contributed by atoms with Crippen molar-refractivity contribution in [2.75, 3.05) is 0 Å². The fraction of sp³-hybridized carbons (Fsp3) is 0.385. The fourth-order valence-electron chi connectivity index (χ4n) is 2.31. The monoisotopic (exact) mass is 281 g/mol. The second-order valence-corrected chi connectivity index (χ2v) is 5.98. The zero-order valence-corrected chi connectivity index (χ0v) is 11.8. The third-order valence-electron chi connectivity index (χ3n) is 3.30. The van der Waals surface area contributed by atoms with Gasteiger partial charge in [0.15, 0.2) is 0 Å². The summed E-state index contributed by atoms with van der Waals surface area (Å²) in [5.74, 6) is -0.0656. The largest absolute Gasteiger partial charge is 0.375 e. The van der Waals surface area contributed by atoms with Gasteiger partial charge >= 0.3 is 0 Å². The maximum absolute atomic E-state index is 13.3. The van der Waals surface area contributed by atoms with Crippen LogP contribution < -0.4 is 5.32 Å². The summed E-state index contributed by atoms with van der Waals surface area (Å²) in [7, 11) is 0. The van der Waals surface area contributed by atoms with Gasteiger partial charge in [-0.3, -0.25) is 0 Å². The Morgan fingerprint density at radius 3 is 3.11 bits per heavy atom. The van der Waals surface area contributed by atoms with Crippen molar-refractivity contribution < 1.29 is 8.34 Å². The van der Waals surface area contributed by atoms with Crippen molar-refractivity contribution in [2.45, 2.75) is 32.7 Å². The molecule has 0 unspecified atom stereocenters. The van der Waals surface area contributed by atoms with E-state index in [-0.39, 0.29) is 5.83 Å². The molecule has 0 amide bonds. The molecule has 0 spiro atoms. The smallest absolute Gasteiger partial charge is 0.286 e. The van der Waals surface area contributed by atoms with E-state index in [1.807, 2.05) is 3.95 Å². The van der Waals surface area contributed by atoms with Crippen molar-refractivity contribution in [2.24, 2.45) is 0 Å². The minimum absolute atomic E-state index is 0.0656. The van der Waals surface area contributed by atoms with E-state index < -0.39 is 0 Å². The molecule has 0 saturated heterocycles. The Morgan fingerprint density at radius 2 is 2.33 bits per heavy atom. The highest BCUT2D eigenvalue weighted by Gasteiger charge is 2.31. The Kier molecular flexibility index (Phi) is 3.03. The molecule has 0 saturated carbocycles. The zero-order valence-electron chi connectivity index (χ0n) is 10.1. The molecule has 3 rings (SSSR count). The van der Waals surface area contributed by atoms with Crippen molar-refractivity contribution in [3.63, 3.8) is 0 Å². The van der Waals surface area contributed by atoms with Gasteiger partial charge in [-0.15, -0.1) is 0 Å². The number of rotatable bonds is 1. The van der Waals surface area contributed by atoms with Gasteiger partial charge < -0.3 is 5.32 Å². The van der Waals surface area contributed by atoms with Crippen LogP contribution in [0.4, 0.5) is 9.39 Å². The average Bonchev–Trinajstić information content (AvgIpc) is 2.74. The number of hydrogen-bond acceptors (Lipinski definition) is 3. The molecule has 0 atom stereocenters. The van der Waals surface area contributed by atoms with Crippen molar-refractivity contribution >= 4 is 28.8 Å². The van der Waals surface area contributed by atoms with Gasteiger partial charge in [-0.05, 0) is 18.6 Å². The summed E-state index contributed by atoms with van der Waals surface area (Å²) in [5, 5.41) is 4.42. The van der Waals surface area contributed by atoms with E-state index >= 15 is 0 Å². The predicted molar refractivity (Wildman–Crippen MR) is 73.3 cm³/mol. The fourth-order valence-corrected chi connectivity index (χ4v) is 3.78. The molecule has 18 heavy (non-hydrogen) atoms. The molecule has 5 heteroatoms. The molecule has 1 aromatic heterocycles. The molecule has 1 aliphatic carbocycles. The van der Waals surface area contributed by atoms with Gasteiger partial charge in [-0.25, -0.2) is 4.39 Å². The van der Waals surface area contributed by atoms with E-state index in [0.29, 0.717) is 12.8 Å². The summed E-state index contributed by atoms with van der Waals surface area (Å²) in [5.41, 5.74) is 3.08. The lowest BCUT2D eigenvalue weighted by atomic mass is 10.1. The van der Waals surface area contributed by atoms with Crippen LogP contribution in [0.3, 0.4) is 0 Å². The number of thiophene rings is 1. The lowest BCUT2D eigenvalue weighted by Gasteiger charge is -2.10. The van der Waals surface area contributed by atoms with Crippen molar-refractivity contribution in [1.29, 1.82) is 0 Å². The molecular weight excluding hydrogens is 267 g/mol. The first-order valence-electron chi connectivity index (χ1n) is 6.11. The third-order valence-corrected chi connectivity index (χ3v) is 5.12. The van der Waals surface area contributed by atoms with E-state index in [9.17, 15) is 4.39 Å². The maximum atomic E-state index is 13.3. The summed E-state index contributed by atoms with van der Waals surface area (Å²) < 4.78 is 15.1. The predicted octanol–water partition coefficient (Wildman–Crippen LogP) is 3.65. The SMILES string of the molecule is CCc1cc2c(s1)[N+](=S)C1=C(C=C(F)CC1)NC2. The van der Waals surface area contributed by atoms with E-state index in [0.717, 1.165) is 29.4 Å². The van der Waals surface area contributed by atoms with Gasteiger partial charge in [0.25, 0.3) is 17.4 Å².